The third-order valence-corrected chi connectivity index (χ3v) is 3.18. The highest BCUT2D eigenvalue weighted by molar-refractivity contribution is 7.10. The Kier molecular flexibility index (Phi) is 2.96. The number of hydrogen-bond donors (Lipinski definition) is 2. The maximum absolute atomic E-state index is 3.90. The monoisotopic (exact) mass is 207 g/mol. The van der Waals surface area contributed by atoms with Crippen molar-refractivity contribution in [3.05, 3.63) is 40.3 Å². The second kappa shape index (κ2) is 4.39. The zero-order valence-electron chi connectivity index (χ0n) is 8.03. The van der Waals surface area contributed by atoms with Gasteiger partial charge in [-0.1, -0.05) is 6.07 Å². The molecule has 0 bridgehead atoms. The zero-order valence-corrected chi connectivity index (χ0v) is 8.84. The van der Waals surface area contributed by atoms with E-state index < -0.39 is 0 Å². The van der Waals surface area contributed by atoms with Crippen molar-refractivity contribution in [2.75, 3.05) is 0 Å². The van der Waals surface area contributed by atoms with Gasteiger partial charge in [0.25, 0.3) is 0 Å². The maximum Gasteiger partial charge on any atom is 0.0490 e. The number of rotatable bonds is 4. The van der Waals surface area contributed by atoms with Crippen molar-refractivity contribution < 1.29 is 0 Å². The lowest BCUT2D eigenvalue weighted by Gasteiger charge is -2.10. The largest absolute Gasteiger partial charge is 0.304 e. The molecular weight excluding hydrogens is 194 g/mol. The van der Waals surface area contributed by atoms with Gasteiger partial charge in [0.05, 0.1) is 0 Å². The Balaban J connectivity index is 1.87. The van der Waals surface area contributed by atoms with E-state index in [1.807, 2.05) is 6.07 Å². The fourth-order valence-corrected chi connectivity index (χ4v) is 2.04. The van der Waals surface area contributed by atoms with E-state index in [0.29, 0.717) is 6.04 Å². The van der Waals surface area contributed by atoms with Crippen LogP contribution < -0.4 is 5.32 Å². The minimum atomic E-state index is 0.401. The molecule has 2 rings (SSSR count). The van der Waals surface area contributed by atoms with Gasteiger partial charge in [-0.15, -0.1) is 11.3 Å². The van der Waals surface area contributed by atoms with E-state index in [9.17, 15) is 0 Å². The molecule has 0 aromatic carbocycles. The smallest absolute Gasteiger partial charge is 0.0490 e. The van der Waals surface area contributed by atoms with E-state index in [1.165, 1.54) is 4.88 Å². The fourth-order valence-electron chi connectivity index (χ4n) is 1.28. The van der Waals surface area contributed by atoms with Gasteiger partial charge >= 0.3 is 0 Å². The van der Waals surface area contributed by atoms with E-state index in [1.54, 1.807) is 17.5 Å². The highest BCUT2D eigenvalue weighted by Crippen LogP contribution is 2.18. The molecule has 0 saturated carbocycles. The minimum absolute atomic E-state index is 0.401. The first kappa shape index (κ1) is 9.43. The normalized spacial score (nSPS) is 12.9. The maximum atomic E-state index is 3.90. The standard InChI is InChI=1S/C10H13N3S/c1-8(10-3-2-6-14-10)11-7-9-4-5-12-13-9/h2-6,8,11H,7H2,1H3,(H,12,13)/t8-/m0/s1. The quantitative estimate of drug-likeness (QED) is 0.807. The third-order valence-electron chi connectivity index (χ3n) is 2.13. The van der Waals surface area contributed by atoms with Gasteiger partial charge in [-0.05, 0) is 24.4 Å². The molecule has 2 aromatic heterocycles. The van der Waals surface area contributed by atoms with Crippen LogP contribution >= 0.6 is 11.3 Å². The summed E-state index contributed by atoms with van der Waals surface area (Å²) in [5.41, 5.74) is 1.12. The second-order valence-corrected chi connectivity index (χ2v) is 4.18. The molecule has 2 heterocycles. The Morgan fingerprint density at radius 3 is 3.14 bits per heavy atom. The lowest BCUT2D eigenvalue weighted by atomic mass is 10.2. The average molecular weight is 207 g/mol. The predicted molar refractivity (Wildman–Crippen MR) is 58.2 cm³/mol. The first-order valence-electron chi connectivity index (χ1n) is 4.61. The summed E-state index contributed by atoms with van der Waals surface area (Å²) < 4.78 is 0. The Morgan fingerprint density at radius 1 is 1.57 bits per heavy atom. The summed E-state index contributed by atoms with van der Waals surface area (Å²) in [6, 6.07) is 6.61. The predicted octanol–water partition coefficient (Wildman–Crippen LogP) is 2.32. The molecule has 2 N–H and O–H groups in total. The molecule has 2 aromatic rings. The number of hydrogen-bond acceptors (Lipinski definition) is 3. The van der Waals surface area contributed by atoms with Gasteiger partial charge in [0.15, 0.2) is 0 Å². The Bertz CT molecular complexity index is 353. The molecule has 0 spiro atoms. The summed E-state index contributed by atoms with van der Waals surface area (Å²) in [6.45, 7) is 3.00. The summed E-state index contributed by atoms with van der Waals surface area (Å²) in [5, 5.41) is 12.4. The number of H-pyrrole nitrogens is 1. The SMILES string of the molecule is C[C@H](NCc1ccn[nH]1)c1cccs1. The van der Waals surface area contributed by atoms with Crippen LogP contribution in [0.4, 0.5) is 0 Å². The van der Waals surface area contributed by atoms with Crippen LogP contribution in [0.2, 0.25) is 0 Å². The Morgan fingerprint density at radius 2 is 2.50 bits per heavy atom. The van der Waals surface area contributed by atoms with Gasteiger partial charge in [-0.3, -0.25) is 5.10 Å². The molecule has 4 heteroatoms. The van der Waals surface area contributed by atoms with Crippen LogP contribution in [-0.4, -0.2) is 10.2 Å². The molecule has 0 fully saturated rings. The van der Waals surface area contributed by atoms with Crippen LogP contribution in [-0.2, 0) is 6.54 Å². The first-order valence-corrected chi connectivity index (χ1v) is 5.49. The zero-order chi connectivity index (χ0) is 9.80. The van der Waals surface area contributed by atoms with Crippen LogP contribution in [0.25, 0.3) is 0 Å². The summed E-state index contributed by atoms with van der Waals surface area (Å²) >= 11 is 1.78. The van der Waals surface area contributed by atoms with Crippen molar-refractivity contribution in [3.63, 3.8) is 0 Å². The van der Waals surface area contributed by atoms with Crippen LogP contribution in [0.15, 0.2) is 29.8 Å². The van der Waals surface area contributed by atoms with Gasteiger partial charge in [0.2, 0.25) is 0 Å². The highest BCUT2D eigenvalue weighted by atomic mass is 32.1. The Hall–Kier alpha value is -1.13. The molecule has 0 aliphatic rings. The van der Waals surface area contributed by atoms with Crippen molar-refractivity contribution in [1.82, 2.24) is 15.5 Å². The lowest BCUT2D eigenvalue weighted by molar-refractivity contribution is 0.575. The van der Waals surface area contributed by atoms with E-state index in [4.69, 9.17) is 0 Å². The molecular formula is C10H13N3S. The minimum Gasteiger partial charge on any atom is -0.304 e. The molecule has 0 aliphatic heterocycles. The molecule has 1 atom stereocenters. The van der Waals surface area contributed by atoms with Crippen LogP contribution in [0.3, 0.4) is 0 Å². The molecule has 0 unspecified atom stereocenters. The average Bonchev–Trinajstić information content (AvgIpc) is 2.87. The van der Waals surface area contributed by atoms with Gasteiger partial charge in [0, 0.05) is 29.4 Å². The van der Waals surface area contributed by atoms with Crippen molar-refractivity contribution in [2.24, 2.45) is 0 Å². The van der Waals surface area contributed by atoms with Gasteiger partial charge in [-0.2, -0.15) is 5.10 Å². The van der Waals surface area contributed by atoms with E-state index in [-0.39, 0.29) is 0 Å². The van der Waals surface area contributed by atoms with Crippen LogP contribution in [0.5, 0.6) is 0 Å². The Labute approximate surface area is 87.2 Å². The van der Waals surface area contributed by atoms with Crippen LogP contribution in [0, 0.1) is 0 Å². The summed E-state index contributed by atoms with van der Waals surface area (Å²) in [5.74, 6) is 0. The lowest BCUT2D eigenvalue weighted by Crippen LogP contribution is -2.17. The van der Waals surface area contributed by atoms with Crippen molar-refractivity contribution in [2.45, 2.75) is 19.5 Å². The number of nitrogens with one attached hydrogen (secondary N) is 2. The van der Waals surface area contributed by atoms with Gasteiger partial charge in [-0.25, -0.2) is 0 Å². The molecule has 0 amide bonds. The van der Waals surface area contributed by atoms with Crippen molar-refractivity contribution >= 4 is 11.3 Å². The number of aromatic amines is 1. The third kappa shape index (κ3) is 2.21. The number of thiophene rings is 1. The first-order chi connectivity index (χ1) is 6.86. The number of aromatic nitrogens is 2. The highest BCUT2D eigenvalue weighted by Gasteiger charge is 2.05. The van der Waals surface area contributed by atoms with E-state index >= 15 is 0 Å². The second-order valence-electron chi connectivity index (χ2n) is 3.20. The fraction of sp³-hybridized carbons (Fsp3) is 0.300. The number of nitrogens with zero attached hydrogens (tertiary/aromatic N) is 1. The van der Waals surface area contributed by atoms with Gasteiger partial charge < -0.3 is 5.32 Å². The molecule has 74 valence electrons. The van der Waals surface area contributed by atoms with Crippen LogP contribution in [0.1, 0.15) is 23.5 Å². The summed E-state index contributed by atoms with van der Waals surface area (Å²) in [7, 11) is 0. The summed E-state index contributed by atoms with van der Waals surface area (Å²) in [4.78, 5) is 1.37. The van der Waals surface area contributed by atoms with Crippen molar-refractivity contribution in [3.8, 4) is 0 Å². The molecule has 0 saturated heterocycles. The molecule has 0 radical (unpaired) electrons. The molecule has 14 heavy (non-hydrogen) atoms. The molecule has 0 aliphatic carbocycles. The van der Waals surface area contributed by atoms with Gasteiger partial charge in [0.1, 0.15) is 0 Å². The van der Waals surface area contributed by atoms with E-state index in [2.05, 4.69) is 40.0 Å². The topological polar surface area (TPSA) is 40.7 Å². The van der Waals surface area contributed by atoms with Crippen molar-refractivity contribution in [1.29, 1.82) is 0 Å². The molecule has 3 nitrogen and oxygen atoms in total. The van der Waals surface area contributed by atoms with E-state index in [0.717, 1.165) is 12.2 Å². The summed E-state index contributed by atoms with van der Waals surface area (Å²) in [6.07, 6.45) is 1.77.